The molecule has 0 amide bonds. The van der Waals surface area contributed by atoms with Crippen LogP contribution in [0.3, 0.4) is 0 Å². The third-order valence-electron chi connectivity index (χ3n) is 2.31. The van der Waals surface area contributed by atoms with Gasteiger partial charge in [0.2, 0.25) is 5.89 Å². The highest BCUT2D eigenvalue weighted by Gasteiger charge is 2.11. The minimum absolute atomic E-state index is 0.256. The van der Waals surface area contributed by atoms with E-state index in [0.717, 1.165) is 5.69 Å². The van der Waals surface area contributed by atoms with Crippen LogP contribution in [-0.2, 0) is 6.54 Å². The van der Waals surface area contributed by atoms with Gasteiger partial charge in [0.1, 0.15) is 0 Å². The molecule has 0 aliphatic rings. The summed E-state index contributed by atoms with van der Waals surface area (Å²) in [6.07, 6.45) is 0. The number of aromatic nitrogens is 3. The summed E-state index contributed by atoms with van der Waals surface area (Å²) in [6.45, 7) is 6.51. The molecule has 0 aliphatic heterocycles. The van der Waals surface area contributed by atoms with Crippen molar-refractivity contribution in [3.8, 4) is 0 Å². The van der Waals surface area contributed by atoms with E-state index < -0.39 is 0 Å². The largest absolute Gasteiger partial charge is 0.340 e. The average Bonchev–Trinajstić information content (AvgIpc) is 2.84. The maximum atomic E-state index is 4.90. The van der Waals surface area contributed by atoms with E-state index in [4.69, 9.17) is 4.52 Å². The Balaban J connectivity index is 1.93. The Labute approximate surface area is 97.9 Å². The maximum absolute atomic E-state index is 4.90. The van der Waals surface area contributed by atoms with E-state index in [9.17, 15) is 0 Å². The monoisotopic (exact) mass is 238 g/mol. The lowest BCUT2D eigenvalue weighted by Gasteiger charge is -2.10. The standard InChI is InChI=1S/C10H14N4OS/c1-6(10-7(2)12-5-16-10)11-4-9-13-8(3)15-14-9/h5-6,11H,4H2,1-3H3. The van der Waals surface area contributed by atoms with E-state index in [0.29, 0.717) is 18.3 Å². The maximum Gasteiger partial charge on any atom is 0.223 e. The van der Waals surface area contributed by atoms with Crippen LogP contribution in [0.15, 0.2) is 10.0 Å². The van der Waals surface area contributed by atoms with Gasteiger partial charge in [-0.2, -0.15) is 4.98 Å². The molecule has 0 spiro atoms. The van der Waals surface area contributed by atoms with Gasteiger partial charge in [-0.05, 0) is 13.8 Å². The summed E-state index contributed by atoms with van der Waals surface area (Å²) >= 11 is 1.66. The van der Waals surface area contributed by atoms with E-state index in [1.165, 1.54) is 4.88 Å². The molecule has 2 aromatic heterocycles. The zero-order valence-electron chi connectivity index (χ0n) is 9.52. The molecule has 0 saturated heterocycles. The topological polar surface area (TPSA) is 63.8 Å². The first-order valence-corrected chi connectivity index (χ1v) is 5.97. The second-order valence-corrected chi connectivity index (χ2v) is 4.52. The van der Waals surface area contributed by atoms with Gasteiger partial charge in [0, 0.05) is 17.8 Å². The van der Waals surface area contributed by atoms with Gasteiger partial charge in [0.15, 0.2) is 5.82 Å². The van der Waals surface area contributed by atoms with Gasteiger partial charge in [0.25, 0.3) is 0 Å². The summed E-state index contributed by atoms with van der Waals surface area (Å²) in [7, 11) is 0. The van der Waals surface area contributed by atoms with Crippen molar-refractivity contribution in [1.82, 2.24) is 20.4 Å². The van der Waals surface area contributed by atoms with Crippen molar-refractivity contribution < 1.29 is 4.52 Å². The van der Waals surface area contributed by atoms with Crippen LogP contribution in [0.5, 0.6) is 0 Å². The lowest BCUT2D eigenvalue weighted by Crippen LogP contribution is -2.18. The third-order valence-corrected chi connectivity index (χ3v) is 3.43. The van der Waals surface area contributed by atoms with Crippen LogP contribution in [-0.4, -0.2) is 15.1 Å². The molecule has 0 aromatic carbocycles. The van der Waals surface area contributed by atoms with Crippen LogP contribution in [0.1, 0.15) is 35.3 Å². The van der Waals surface area contributed by atoms with Gasteiger partial charge in [0.05, 0.1) is 17.7 Å². The molecule has 1 atom stereocenters. The van der Waals surface area contributed by atoms with Crippen molar-refractivity contribution in [2.24, 2.45) is 0 Å². The molecule has 5 nitrogen and oxygen atoms in total. The van der Waals surface area contributed by atoms with Crippen LogP contribution in [0.2, 0.25) is 0 Å². The van der Waals surface area contributed by atoms with Crippen molar-refractivity contribution in [3.63, 3.8) is 0 Å². The van der Waals surface area contributed by atoms with E-state index >= 15 is 0 Å². The fourth-order valence-corrected chi connectivity index (χ4v) is 2.31. The van der Waals surface area contributed by atoms with Crippen LogP contribution >= 0.6 is 11.3 Å². The predicted octanol–water partition coefficient (Wildman–Crippen LogP) is 1.99. The third kappa shape index (κ3) is 2.45. The molecule has 6 heteroatoms. The zero-order chi connectivity index (χ0) is 11.5. The molecule has 2 heterocycles. The van der Waals surface area contributed by atoms with Gasteiger partial charge < -0.3 is 9.84 Å². The molecule has 1 unspecified atom stereocenters. The summed E-state index contributed by atoms with van der Waals surface area (Å²) in [6, 6.07) is 0.256. The Kier molecular flexibility index (Phi) is 3.31. The van der Waals surface area contributed by atoms with Crippen LogP contribution in [0.25, 0.3) is 0 Å². The van der Waals surface area contributed by atoms with Gasteiger partial charge in [-0.3, -0.25) is 0 Å². The molecule has 0 radical (unpaired) electrons. The Hall–Kier alpha value is -1.27. The van der Waals surface area contributed by atoms with Crippen molar-refractivity contribution in [3.05, 3.63) is 27.8 Å². The molecule has 2 rings (SSSR count). The summed E-state index contributed by atoms with van der Waals surface area (Å²) < 4.78 is 4.90. The average molecular weight is 238 g/mol. The van der Waals surface area contributed by atoms with Crippen LogP contribution < -0.4 is 5.32 Å². The van der Waals surface area contributed by atoms with E-state index in [1.54, 1.807) is 18.3 Å². The molecular weight excluding hydrogens is 224 g/mol. The second-order valence-electron chi connectivity index (χ2n) is 3.63. The summed E-state index contributed by atoms with van der Waals surface area (Å²) in [5.74, 6) is 1.28. The Bertz CT molecular complexity index is 465. The van der Waals surface area contributed by atoms with Gasteiger partial charge in [-0.15, -0.1) is 11.3 Å². The minimum Gasteiger partial charge on any atom is -0.340 e. The van der Waals surface area contributed by atoms with Crippen molar-refractivity contribution >= 4 is 11.3 Å². The SMILES string of the molecule is Cc1nc(CNC(C)c2scnc2C)no1. The smallest absolute Gasteiger partial charge is 0.223 e. The van der Waals surface area contributed by atoms with Crippen molar-refractivity contribution in [1.29, 1.82) is 0 Å². The molecule has 0 fully saturated rings. The summed E-state index contributed by atoms with van der Waals surface area (Å²) in [5.41, 5.74) is 2.94. The van der Waals surface area contributed by atoms with Gasteiger partial charge in [-0.25, -0.2) is 4.98 Å². The van der Waals surface area contributed by atoms with Crippen molar-refractivity contribution in [2.75, 3.05) is 0 Å². The normalized spacial score (nSPS) is 12.9. The number of hydrogen-bond donors (Lipinski definition) is 1. The lowest BCUT2D eigenvalue weighted by molar-refractivity contribution is 0.384. The highest BCUT2D eigenvalue weighted by Crippen LogP contribution is 2.21. The van der Waals surface area contributed by atoms with E-state index in [1.807, 2.05) is 12.4 Å². The molecule has 16 heavy (non-hydrogen) atoms. The fraction of sp³-hybridized carbons (Fsp3) is 0.500. The summed E-state index contributed by atoms with van der Waals surface area (Å²) in [4.78, 5) is 9.61. The second kappa shape index (κ2) is 4.71. The minimum atomic E-state index is 0.256. The predicted molar refractivity (Wildman–Crippen MR) is 61.1 cm³/mol. The Morgan fingerprint density at radius 3 is 2.88 bits per heavy atom. The zero-order valence-corrected chi connectivity index (χ0v) is 10.3. The van der Waals surface area contributed by atoms with Gasteiger partial charge in [-0.1, -0.05) is 5.16 Å². The number of hydrogen-bond acceptors (Lipinski definition) is 6. The van der Waals surface area contributed by atoms with Crippen molar-refractivity contribution in [2.45, 2.75) is 33.4 Å². The fourth-order valence-electron chi connectivity index (χ4n) is 1.48. The first kappa shape index (κ1) is 11.2. The molecule has 0 aliphatic carbocycles. The first-order chi connectivity index (χ1) is 7.66. The number of thiazole rings is 1. The number of aryl methyl sites for hydroxylation is 2. The number of nitrogens with zero attached hydrogens (tertiary/aromatic N) is 3. The van der Waals surface area contributed by atoms with Crippen LogP contribution in [0, 0.1) is 13.8 Å². The number of nitrogens with one attached hydrogen (secondary N) is 1. The quantitative estimate of drug-likeness (QED) is 0.882. The number of rotatable bonds is 4. The van der Waals surface area contributed by atoms with E-state index in [-0.39, 0.29) is 6.04 Å². The highest BCUT2D eigenvalue weighted by molar-refractivity contribution is 7.09. The molecular formula is C10H14N4OS. The van der Waals surface area contributed by atoms with Crippen LogP contribution in [0.4, 0.5) is 0 Å². The van der Waals surface area contributed by atoms with E-state index in [2.05, 4.69) is 27.4 Å². The molecule has 2 aromatic rings. The van der Waals surface area contributed by atoms with Gasteiger partial charge >= 0.3 is 0 Å². The Morgan fingerprint density at radius 1 is 1.50 bits per heavy atom. The molecule has 86 valence electrons. The highest BCUT2D eigenvalue weighted by atomic mass is 32.1. The molecule has 0 bridgehead atoms. The molecule has 0 saturated carbocycles. The molecule has 1 N–H and O–H groups in total. The first-order valence-electron chi connectivity index (χ1n) is 5.09. The summed E-state index contributed by atoms with van der Waals surface area (Å²) in [5, 5.41) is 7.17. The lowest BCUT2D eigenvalue weighted by atomic mass is 10.2. The Morgan fingerprint density at radius 2 is 2.31 bits per heavy atom.